The van der Waals surface area contributed by atoms with E-state index in [2.05, 4.69) is 12.2 Å². The van der Waals surface area contributed by atoms with Crippen LogP contribution in [0, 0.1) is 0 Å². The summed E-state index contributed by atoms with van der Waals surface area (Å²) in [7, 11) is 0. The summed E-state index contributed by atoms with van der Waals surface area (Å²) >= 11 is 7.41. The van der Waals surface area contributed by atoms with Gasteiger partial charge >= 0.3 is 0 Å². The smallest absolute Gasteiger partial charge is 0.265 e. The molecule has 0 fully saturated rings. The molecule has 0 aliphatic carbocycles. The van der Waals surface area contributed by atoms with E-state index in [9.17, 15) is 9.59 Å². The zero-order chi connectivity index (χ0) is 25.5. The van der Waals surface area contributed by atoms with E-state index in [-0.39, 0.29) is 24.4 Å². The molecule has 1 heterocycles. The van der Waals surface area contributed by atoms with Gasteiger partial charge in [0.1, 0.15) is 12.3 Å². The molecule has 1 aliphatic heterocycles. The number of carbonyl (C=O) groups is 2. The van der Waals surface area contributed by atoms with Crippen molar-refractivity contribution in [3.8, 4) is 5.75 Å². The van der Waals surface area contributed by atoms with Gasteiger partial charge in [0, 0.05) is 9.92 Å². The second kappa shape index (κ2) is 12.2. The first kappa shape index (κ1) is 25.9. The van der Waals surface area contributed by atoms with Crippen LogP contribution in [0.25, 0.3) is 6.08 Å². The summed E-state index contributed by atoms with van der Waals surface area (Å²) in [6.07, 6.45) is 3.93. The number of ether oxygens (including phenoxy) is 1. The van der Waals surface area contributed by atoms with Crippen LogP contribution >= 0.6 is 23.4 Å². The van der Waals surface area contributed by atoms with Gasteiger partial charge in [0.2, 0.25) is 5.91 Å². The quantitative estimate of drug-likeness (QED) is 0.247. The molecule has 5 nitrogen and oxygen atoms in total. The van der Waals surface area contributed by atoms with E-state index in [1.54, 1.807) is 17.0 Å². The molecule has 3 aromatic carbocycles. The van der Waals surface area contributed by atoms with Crippen molar-refractivity contribution in [2.24, 2.45) is 0 Å². The minimum absolute atomic E-state index is 0.0725. The van der Waals surface area contributed by atoms with Gasteiger partial charge in [-0.25, -0.2) is 0 Å². The highest BCUT2D eigenvalue weighted by atomic mass is 35.5. The summed E-state index contributed by atoms with van der Waals surface area (Å²) in [6.45, 7) is 4.68. The summed E-state index contributed by atoms with van der Waals surface area (Å²) in [4.78, 5) is 29.5. The Morgan fingerprint density at radius 2 is 1.81 bits per heavy atom. The number of hydrogen-bond donors (Lipinski definition) is 1. The summed E-state index contributed by atoms with van der Waals surface area (Å²) < 4.78 is 5.72. The lowest BCUT2D eigenvalue weighted by atomic mass is 10.1. The maximum absolute atomic E-state index is 13.4. The molecule has 0 spiro atoms. The van der Waals surface area contributed by atoms with Crippen molar-refractivity contribution in [3.05, 3.63) is 93.9 Å². The summed E-state index contributed by atoms with van der Waals surface area (Å²) in [5.41, 5.74) is 2.57. The zero-order valence-corrected chi connectivity index (χ0v) is 21.9. The van der Waals surface area contributed by atoms with E-state index < -0.39 is 0 Å². The Morgan fingerprint density at radius 1 is 1.08 bits per heavy atom. The van der Waals surface area contributed by atoms with E-state index in [1.807, 2.05) is 73.7 Å². The predicted octanol–water partition coefficient (Wildman–Crippen LogP) is 6.88. The Hall–Kier alpha value is -3.22. The lowest BCUT2D eigenvalue weighted by Gasteiger charge is -2.30. The van der Waals surface area contributed by atoms with Gasteiger partial charge in [-0.2, -0.15) is 0 Å². The van der Waals surface area contributed by atoms with Gasteiger partial charge < -0.3 is 10.1 Å². The Bertz CT molecular complexity index is 1240. The Morgan fingerprint density at radius 3 is 2.53 bits per heavy atom. The average molecular weight is 521 g/mol. The molecule has 36 heavy (non-hydrogen) atoms. The summed E-state index contributed by atoms with van der Waals surface area (Å²) in [6, 6.07) is 22.5. The number of benzene rings is 3. The SMILES string of the molecule is CCCCOc1ccc([C@@H](C)NC(=O)CN2C(=O)/C(=C/c3ccc(Cl)cc3)Sc3ccccc32)cc1. The molecule has 0 saturated carbocycles. The number of halogens is 1. The average Bonchev–Trinajstić information content (AvgIpc) is 2.88. The Balaban J connectivity index is 1.46. The van der Waals surface area contributed by atoms with E-state index in [4.69, 9.17) is 16.3 Å². The van der Waals surface area contributed by atoms with Gasteiger partial charge in [0.25, 0.3) is 5.91 Å². The molecule has 186 valence electrons. The molecular formula is C29H29ClN2O3S. The van der Waals surface area contributed by atoms with Crippen LogP contribution in [-0.2, 0) is 9.59 Å². The highest BCUT2D eigenvalue weighted by molar-refractivity contribution is 8.04. The van der Waals surface area contributed by atoms with Crippen molar-refractivity contribution < 1.29 is 14.3 Å². The summed E-state index contributed by atoms with van der Waals surface area (Å²) in [5.74, 6) is 0.385. The predicted molar refractivity (Wildman–Crippen MR) is 147 cm³/mol. The van der Waals surface area contributed by atoms with Crippen LogP contribution in [0.2, 0.25) is 5.02 Å². The second-order valence-electron chi connectivity index (χ2n) is 8.58. The number of nitrogens with one attached hydrogen (secondary N) is 1. The fraction of sp³-hybridized carbons (Fsp3) is 0.241. The van der Waals surface area contributed by atoms with Crippen molar-refractivity contribution in [1.29, 1.82) is 0 Å². The Kier molecular flexibility index (Phi) is 8.73. The fourth-order valence-corrected chi connectivity index (χ4v) is 5.02. The van der Waals surface area contributed by atoms with Crippen molar-refractivity contribution in [2.45, 2.75) is 37.6 Å². The van der Waals surface area contributed by atoms with E-state index in [0.717, 1.165) is 40.3 Å². The second-order valence-corrected chi connectivity index (χ2v) is 10.1. The number of rotatable bonds is 9. The molecule has 0 aromatic heterocycles. The van der Waals surface area contributed by atoms with Crippen LogP contribution in [0.4, 0.5) is 5.69 Å². The molecule has 0 saturated heterocycles. The van der Waals surface area contributed by atoms with Gasteiger partial charge in [-0.3, -0.25) is 14.5 Å². The molecular weight excluding hydrogens is 492 g/mol. The Labute approximate surface area is 221 Å². The lowest BCUT2D eigenvalue weighted by molar-refractivity contribution is -0.122. The van der Waals surface area contributed by atoms with Gasteiger partial charge in [-0.05, 0) is 66.9 Å². The maximum Gasteiger partial charge on any atom is 0.265 e. The van der Waals surface area contributed by atoms with Crippen LogP contribution in [0.5, 0.6) is 5.75 Å². The number of anilines is 1. The third-order valence-electron chi connectivity index (χ3n) is 5.83. The zero-order valence-electron chi connectivity index (χ0n) is 20.4. The lowest BCUT2D eigenvalue weighted by Crippen LogP contribution is -2.43. The van der Waals surface area contributed by atoms with Crippen molar-refractivity contribution in [2.75, 3.05) is 18.1 Å². The molecule has 7 heteroatoms. The van der Waals surface area contributed by atoms with Gasteiger partial charge in [-0.1, -0.05) is 73.1 Å². The van der Waals surface area contributed by atoms with E-state index in [1.165, 1.54) is 11.8 Å². The number of amides is 2. The topological polar surface area (TPSA) is 58.6 Å². The van der Waals surface area contributed by atoms with E-state index in [0.29, 0.717) is 16.5 Å². The maximum atomic E-state index is 13.4. The molecule has 0 unspecified atom stereocenters. The number of hydrogen-bond acceptors (Lipinski definition) is 4. The standard InChI is InChI=1S/C29H29ClN2O3S/c1-3-4-17-35-24-15-11-22(12-16-24)20(2)31-28(33)19-32-25-7-5-6-8-26(25)36-27(29(32)34)18-21-9-13-23(30)14-10-21/h5-16,18,20H,3-4,17,19H2,1-2H3,(H,31,33)/b27-18-/t20-/m1/s1. The molecule has 2 amide bonds. The van der Waals surface area contributed by atoms with Crippen LogP contribution in [-0.4, -0.2) is 25.0 Å². The largest absolute Gasteiger partial charge is 0.494 e. The first-order chi connectivity index (χ1) is 17.4. The molecule has 1 N–H and O–H groups in total. The van der Waals surface area contributed by atoms with Gasteiger partial charge in [-0.15, -0.1) is 0 Å². The first-order valence-electron chi connectivity index (χ1n) is 12.0. The van der Waals surface area contributed by atoms with Crippen LogP contribution in [0.3, 0.4) is 0 Å². The van der Waals surface area contributed by atoms with Crippen molar-refractivity contribution in [1.82, 2.24) is 5.32 Å². The molecule has 0 radical (unpaired) electrons. The highest BCUT2D eigenvalue weighted by Crippen LogP contribution is 2.42. The van der Waals surface area contributed by atoms with Crippen molar-refractivity contribution >= 4 is 46.9 Å². The molecule has 4 rings (SSSR count). The number of para-hydroxylation sites is 1. The number of carbonyl (C=O) groups excluding carboxylic acids is 2. The fourth-order valence-electron chi connectivity index (χ4n) is 3.83. The summed E-state index contributed by atoms with van der Waals surface area (Å²) in [5, 5.41) is 3.66. The number of nitrogens with zero attached hydrogens (tertiary/aromatic N) is 1. The molecule has 0 bridgehead atoms. The minimum atomic E-state index is -0.230. The number of unbranched alkanes of at least 4 members (excludes halogenated alkanes) is 1. The van der Waals surface area contributed by atoms with Crippen LogP contribution in [0.15, 0.2) is 82.6 Å². The van der Waals surface area contributed by atoms with E-state index >= 15 is 0 Å². The highest BCUT2D eigenvalue weighted by Gasteiger charge is 2.30. The van der Waals surface area contributed by atoms with Crippen LogP contribution in [0.1, 0.15) is 43.9 Å². The third-order valence-corrected chi connectivity index (χ3v) is 7.16. The van der Waals surface area contributed by atoms with Gasteiger partial charge in [0.15, 0.2) is 0 Å². The molecule has 3 aromatic rings. The normalized spacial score (nSPS) is 14.9. The third kappa shape index (κ3) is 6.50. The number of fused-ring (bicyclic) bond motifs is 1. The molecule has 1 atom stereocenters. The minimum Gasteiger partial charge on any atom is -0.494 e. The molecule has 1 aliphatic rings. The first-order valence-corrected chi connectivity index (χ1v) is 13.2. The monoisotopic (exact) mass is 520 g/mol. The van der Waals surface area contributed by atoms with Crippen LogP contribution < -0.4 is 15.0 Å². The van der Waals surface area contributed by atoms with Gasteiger partial charge in [0.05, 0.1) is 23.2 Å². The van der Waals surface area contributed by atoms with Crippen molar-refractivity contribution in [3.63, 3.8) is 0 Å². The number of thioether (sulfide) groups is 1.